The van der Waals surface area contributed by atoms with E-state index in [4.69, 9.17) is 9.47 Å². The summed E-state index contributed by atoms with van der Waals surface area (Å²) in [5.41, 5.74) is 0.602. The molecule has 3 nitrogen and oxygen atoms in total. The van der Waals surface area contributed by atoms with E-state index >= 15 is 0 Å². The van der Waals surface area contributed by atoms with E-state index in [1.165, 1.54) is 0 Å². The summed E-state index contributed by atoms with van der Waals surface area (Å²) in [6.45, 7) is 2.51. The SMILES string of the molecule is CCOc1ccc(C(=O)CCBr)c(OC)c1. The van der Waals surface area contributed by atoms with Crippen LogP contribution < -0.4 is 9.47 Å². The van der Waals surface area contributed by atoms with Crippen LogP contribution >= 0.6 is 15.9 Å². The molecule has 0 radical (unpaired) electrons. The monoisotopic (exact) mass is 286 g/mol. The summed E-state index contributed by atoms with van der Waals surface area (Å²) in [6.07, 6.45) is 0.463. The maximum atomic E-state index is 11.7. The molecule has 0 N–H and O–H groups in total. The molecule has 0 heterocycles. The van der Waals surface area contributed by atoms with Crippen molar-refractivity contribution in [2.24, 2.45) is 0 Å². The van der Waals surface area contributed by atoms with Gasteiger partial charge in [-0.15, -0.1) is 0 Å². The highest BCUT2D eigenvalue weighted by atomic mass is 79.9. The van der Waals surface area contributed by atoms with Crippen molar-refractivity contribution in [2.75, 3.05) is 19.0 Å². The highest BCUT2D eigenvalue weighted by Crippen LogP contribution is 2.25. The third-order valence-corrected chi connectivity index (χ3v) is 2.50. The van der Waals surface area contributed by atoms with E-state index in [2.05, 4.69) is 15.9 Å². The smallest absolute Gasteiger partial charge is 0.167 e. The van der Waals surface area contributed by atoms with Crippen molar-refractivity contribution < 1.29 is 14.3 Å². The van der Waals surface area contributed by atoms with E-state index in [9.17, 15) is 4.79 Å². The van der Waals surface area contributed by atoms with Crippen LogP contribution in [0.1, 0.15) is 23.7 Å². The van der Waals surface area contributed by atoms with Gasteiger partial charge in [-0.3, -0.25) is 4.79 Å². The number of ketones is 1. The molecular formula is C12H15BrO3. The first-order valence-electron chi connectivity index (χ1n) is 5.13. The number of rotatable bonds is 6. The van der Waals surface area contributed by atoms with Crippen molar-refractivity contribution in [1.29, 1.82) is 0 Å². The molecule has 1 aromatic carbocycles. The van der Waals surface area contributed by atoms with E-state index in [0.717, 1.165) is 5.75 Å². The van der Waals surface area contributed by atoms with Gasteiger partial charge in [0.2, 0.25) is 0 Å². The first kappa shape index (κ1) is 13.0. The van der Waals surface area contributed by atoms with Crippen molar-refractivity contribution in [3.05, 3.63) is 23.8 Å². The van der Waals surface area contributed by atoms with Gasteiger partial charge in [-0.25, -0.2) is 0 Å². The minimum absolute atomic E-state index is 0.0665. The Labute approximate surface area is 104 Å². The number of alkyl halides is 1. The fraction of sp³-hybridized carbons (Fsp3) is 0.417. The lowest BCUT2D eigenvalue weighted by molar-refractivity contribution is 0.0987. The Hall–Kier alpha value is -1.03. The highest BCUT2D eigenvalue weighted by Gasteiger charge is 2.12. The Morgan fingerprint density at radius 1 is 1.44 bits per heavy atom. The van der Waals surface area contributed by atoms with Crippen molar-refractivity contribution >= 4 is 21.7 Å². The van der Waals surface area contributed by atoms with Gasteiger partial charge in [-0.2, -0.15) is 0 Å². The fourth-order valence-corrected chi connectivity index (χ4v) is 1.74. The molecule has 0 saturated heterocycles. The molecule has 4 heteroatoms. The lowest BCUT2D eigenvalue weighted by Gasteiger charge is -2.09. The van der Waals surface area contributed by atoms with Gasteiger partial charge in [0, 0.05) is 17.8 Å². The van der Waals surface area contributed by atoms with Gasteiger partial charge in [0.1, 0.15) is 11.5 Å². The first-order chi connectivity index (χ1) is 7.72. The van der Waals surface area contributed by atoms with E-state index in [1.807, 2.05) is 6.92 Å². The molecule has 0 unspecified atom stereocenters. The number of benzene rings is 1. The lowest BCUT2D eigenvalue weighted by Crippen LogP contribution is -2.03. The summed E-state index contributed by atoms with van der Waals surface area (Å²) in [6, 6.07) is 5.27. The molecule has 88 valence electrons. The molecular weight excluding hydrogens is 272 g/mol. The average molecular weight is 287 g/mol. The Bertz CT molecular complexity index is 363. The largest absolute Gasteiger partial charge is 0.496 e. The van der Waals surface area contributed by atoms with Crippen LogP contribution in [0.3, 0.4) is 0 Å². The predicted molar refractivity (Wildman–Crippen MR) is 66.9 cm³/mol. The third kappa shape index (κ3) is 3.23. The molecule has 1 rings (SSSR count). The number of Topliss-reactive ketones (excluding diaryl/α,β-unsaturated/α-hetero) is 1. The molecule has 0 bridgehead atoms. The van der Waals surface area contributed by atoms with Crippen LogP contribution in [0, 0.1) is 0 Å². The van der Waals surface area contributed by atoms with Crippen LogP contribution in [-0.2, 0) is 0 Å². The Morgan fingerprint density at radius 3 is 2.75 bits per heavy atom. The summed E-state index contributed by atoms with van der Waals surface area (Å²) >= 11 is 3.25. The van der Waals surface area contributed by atoms with E-state index in [1.54, 1.807) is 25.3 Å². The minimum Gasteiger partial charge on any atom is -0.496 e. The Kier molecular flexibility index (Phi) is 5.32. The van der Waals surface area contributed by atoms with Gasteiger partial charge in [-0.05, 0) is 19.1 Å². The third-order valence-electron chi connectivity index (χ3n) is 2.11. The zero-order chi connectivity index (χ0) is 12.0. The molecule has 0 aliphatic heterocycles. The summed E-state index contributed by atoms with van der Waals surface area (Å²) in [5, 5.41) is 0.655. The normalized spacial score (nSPS) is 9.94. The standard InChI is InChI=1S/C12H15BrO3/c1-3-16-9-4-5-10(11(14)6-7-13)12(8-9)15-2/h4-5,8H,3,6-7H2,1-2H3. The molecule has 0 fully saturated rings. The van der Waals surface area contributed by atoms with E-state index < -0.39 is 0 Å². The van der Waals surface area contributed by atoms with Crippen LogP contribution in [-0.4, -0.2) is 24.8 Å². The molecule has 16 heavy (non-hydrogen) atoms. The van der Waals surface area contributed by atoms with Crippen molar-refractivity contribution in [3.8, 4) is 11.5 Å². The molecule has 0 saturated carbocycles. The van der Waals surface area contributed by atoms with Crippen molar-refractivity contribution in [1.82, 2.24) is 0 Å². The highest BCUT2D eigenvalue weighted by molar-refractivity contribution is 9.09. The number of carbonyl (C=O) groups excluding carboxylic acids is 1. The van der Waals surface area contributed by atoms with Gasteiger partial charge < -0.3 is 9.47 Å². The van der Waals surface area contributed by atoms with Gasteiger partial charge in [0.15, 0.2) is 5.78 Å². The number of halogens is 1. The maximum absolute atomic E-state index is 11.7. The lowest BCUT2D eigenvalue weighted by atomic mass is 10.1. The second-order valence-corrected chi connectivity index (χ2v) is 3.95. The van der Waals surface area contributed by atoms with Gasteiger partial charge in [0.05, 0.1) is 19.3 Å². The summed E-state index contributed by atoms with van der Waals surface area (Å²) in [5.74, 6) is 1.35. The first-order valence-corrected chi connectivity index (χ1v) is 6.25. The number of hydrogen-bond acceptors (Lipinski definition) is 3. The van der Waals surface area contributed by atoms with Crippen LogP contribution in [0.4, 0.5) is 0 Å². The van der Waals surface area contributed by atoms with Gasteiger partial charge in [-0.1, -0.05) is 15.9 Å². The van der Waals surface area contributed by atoms with Crippen LogP contribution in [0.25, 0.3) is 0 Å². The molecule has 0 aliphatic carbocycles. The molecule has 0 spiro atoms. The van der Waals surface area contributed by atoms with Crippen LogP contribution in [0.5, 0.6) is 11.5 Å². The second-order valence-electron chi connectivity index (χ2n) is 3.16. The molecule has 0 atom stereocenters. The average Bonchev–Trinajstić information content (AvgIpc) is 2.29. The summed E-state index contributed by atoms with van der Waals surface area (Å²) in [7, 11) is 1.55. The summed E-state index contributed by atoms with van der Waals surface area (Å²) in [4.78, 5) is 11.7. The Balaban J connectivity index is 2.96. The zero-order valence-electron chi connectivity index (χ0n) is 9.46. The zero-order valence-corrected chi connectivity index (χ0v) is 11.0. The van der Waals surface area contributed by atoms with Crippen molar-refractivity contribution in [2.45, 2.75) is 13.3 Å². The maximum Gasteiger partial charge on any atom is 0.167 e. The van der Waals surface area contributed by atoms with Gasteiger partial charge >= 0.3 is 0 Å². The minimum atomic E-state index is 0.0665. The van der Waals surface area contributed by atoms with E-state index in [0.29, 0.717) is 29.7 Å². The van der Waals surface area contributed by atoms with Crippen LogP contribution in [0.2, 0.25) is 0 Å². The van der Waals surface area contributed by atoms with E-state index in [-0.39, 0.29) is 5.78 Å². The number of methoxy groups -OCH3 is 1. The number of carbonyl (C=O) groups is 1. The summed E-state index contributed by atoms with van der Waals surface area (Å²) < 4.78 is 10.5. The van der Waals surface area contributed by atoms with Crippen LogP contribution in [0.15, 0.2) is 18.2 Å². The fourth-order valence-electron chi connectivity index (χ4n) is 1.38. The predicted octanol–water partition coefficient (Wildman–Crippen LogP) is 3.06. The number of ether oxygens (including phenoxy) is 2. The molecule has 0 aliphatic rings. The Morgan fingerprint density at radius 2 is 2.19 bits per heavy atom. The molecule has 1 aromatic rings. The second kappa shape index (κ2) is 6.53. The van der Waals surface area contributed by atoms with Crippen molar-refractivity contribution in [3.63, 3.8) is 0 Å². The number of hydrogen-bond donors (Lipinski definition) is 0. The molecule has 0 amide bonds. The quantitative estimate of drug-likeness (QED) is 0.596. The van der Waals surface area contributed by atoms with Gasteiger partial charge in [0.25, 0.3) is 0 Å². The molecule has 0 aromatic heterocycles. The topological polar surface area (TPSA) is 35.5 Å².